The molecule has 0 aliphatic heterocycles. The minimum atomic E-state index is -0.0692. The van der Waals surface area contributed by atoms with E-state index in [4.69, 9.17) is 0 Å². The lowest BCUT2D eigenvalue weighted by Crippen LogP contribution is -2.39. The van der Waals surface area contributed by atoms with Crippen molar-refractivity contribution in [2.24, 2.45) is 23.2 Å². The largest absolute Gasteiger partial charge is 0.393 e. The van der Waals surface area contributed by atoms with Gasteiger partial charge in [-0.05, 0) is 48.9 Å². The predicted molar refractivity (Wildman–Crippen MR) is 75.0 cm³/mol. The molecule has 0 aromatic heterocycles. The van der Waals surface area contributed by atoms with Crippen molar-refractivity contribution in [3.63, 3.8) is 0 Å². The van der Waals surface area contributed by atoms with Crippen molar-refractivity contribution in [1.82, 2.24) is 0 Å². The van der Waals surface area contributed by atoms with Crippen molar-refractivity contribution in [2.45, 2.75) is 79.2 Å². The van der Waals surface area contributed by atoms with E-state index in [0.717, 1.165) is 37.0 Å². The van der Waals surface area contributed by atoms with Crippen LogP contribution in [0.5, 0.6) is 0 Å². The lowest BCUT2D eigenvalue weighted by Gasteiger charge is -2.48. The average Bonchev–Trinajstić information content (AvgIpc) is 2.24. The third kappa shape index (κ3) is 3.71. The highest BCUT2D eigenvalue weighted by Gasteiger charge is 2.41. The van der Waals surface area contributed by atoms with Gasteiger partial charge in [-0.1, -0.05) is 47.5 Å². The number of aliphatic hydroxyl groups excluding tert-OH is 1. The van der Waals surface area contributed by atoms with Crippen LogP contribution in [0, 0.1) is 23.2 Å². The first kappa shape index (κ1) is 15.0. The van der Waals surface area contributed by atoms with Gasteiger partial charge in [-0.15, -0.1) is 0 Å². The molecule has 0 aromatic carbocycles. The molecule has 0 aromatic rings. The first-order valence-electron chi connectivity index (χ1n) is 7.57. The minimum Gasteiger partial charge on any atom is -0.393 e. The molecule has 1 aliphatic rings. The molecule has 1 aliphatic carbocycles. The molecule has 4 atom stereocenters. The molecule has 1 nitrogen and oxygen atoms in total. The van der Waals surface area contributed by atoms with E-state index in [1.54, 1.807) is 0 Å². The highest BCUT2D eigenvalue weighted by molar-refractivity contribution is 4.90. The van der Waals surface area contributed by atoms with Crippen LogP contribution >= 0.6 is 0 Å². The van der Waals surface area contributed by atoms with E-state index in [0.29, 0.717) is 5.41 Å². The molecule has 1 rings (SSSR count). The lowest BCUT2D eigenvalue weighted by molar-refractivity contribution is 0.0117. The van der Waals surface area contributed by atoms with Crippen molar-refractivity contribution < 1.29 is 5.11 Å². The zero-order valence-electron chi connectivity index (χ0n) is 12.5. The number of hydrogen-bond acceptors (Lipinski definition) is 1. The van der Waals surface area contributed by atoms with Gasteiger partial charge in [-0.3, -0.25) is 0 Å². The van der Waals surface area contributed by atoms with Crippen LogP contribution < -0.4 is 0 Å². The molecule has 1 N–H and O–H groups in total. The molecule has 0 radical (unpaired) electrons. The summed E-state index contributed by atoms with van der Waals surface area (Å²) in [7, 11) is 0. The van der Waals surface area contributed by atoms with E-state index in [9.17, 15) is 5.11 Å². The third-order valence-corrected chi connectivity index (χ3v) is 5.40. The van der Waals surface area contributed by atoms with Gasteiger partial charge in [0.25, 0.3) is 0 Å². The van der Waals surface area contributed by atoms with Gasteiger partial charge in [-0.2, -0.15) is 0 Å². The van der Waals surface area contributed by atoms with E-state index in [1.807, 2.05) is 0 Å². The molecule has 1 heteroatoms. The summed E-state index contributed by atoms with van der Waals surface area (Å²) in [6.45, 7) is 11.8. The first-order chi connectivity index (χ1) is 7.89. The molecule has 102 valence electrons. The standard InChI is InChI=1S/C16H32O/c1-6-7-14(17)10-11-15-12(2)8-9-13(3)16(15,4)5/h12-15,17H,6-11H2,1-5H3/t12-,13-,14+,15-/m1/s1. The normalized spacial score (nSPS) is 34.6. The van der Waals surface area contributed by atoms with Crippen LogP contribution in [-0.4, -0.2) is 11.2 Å². The van der Waals surface area contributed by atoms with Crippen LogP contribution in [0.15, 0.2) is 0 Å². The summed E-state index contributed by atoms with van der Waals surface area (Å²) < 4.78 is 0. The fraction of sp³-hybridized carbons (Fsp3) is 1.00. The second kappa shape index (κ2) is 6.22. The van der Waals surface area contributed by atoms with Gasteiger partial charge in [0.05, 0.1) is 6.10 Å². The van der Waals surface area contributed by atoms with Gasteiger partial charge in [0.2, 0.25) is 0 Å². The van der Waals surface area contributed by atoms with E-state index in [-0.39, 0.29) is 6.10 Å². The van der Waals surface area contributed by atoms with E-state index >= 15 is 0 Å². The monoisotopic (exact) mass is 240 g/mol. The summed E-state index contributed by atoms with van der Waals surface area (Å²) in [5, 5.41) is 9.90. The molecule has 0 spiro atoms. The Morgan fingerprint density at radius 1 is 1.18 bits per heavy atom. The van der Waals surface area contributed by atoms with Crippen LogP contribution in [-0.2, 0) is 0 Å². The van der Waals surface area contributed by atoms with E-state index in [1.165, 1.54) is 19.3 Å². The van der Waals surface area contributed by atoms with Crippen molar-refractivity contribution >= 4 is 0 Å². The molecule has 1 fully saturated rings. The van der Waals surface area contributed by atoms with Gasteiger partial charge in [0.1, 0.15) is 0 Å². The van der Waals surface area contributed by atoms with Crippen molar-refractivity contribution in [2.75, 3.05) is 0 Å². The second-order valence-electron chi connectivity index (χ2n) is 6.90. The van der Waals surface area contributed by atoms with Crippen molar-refractivity contribution in [1.29, 1.82) is 0 Å². The molecule has 0 saturated heterocycles. The van der Waals surface area contributed by atoms with Crippen molar-refractivity contribution in [3.05, 3.63) is 0 Å². The van der Waals surface area contributed by atoms with Gasteiger partial charge >= 0.3 is 0 Å². The Morgan fingerprint density at radius 2 is 1.82 bits per heavy atom. The fourth-order valence-corrected chi connectivity index (χ4v) is 3.69. The van der Waals surface area contributed by atoms with E-state index in [2.05, 4.69) is 34.6 Å². The maximum absolute atomic E-state index is 9.90. The molecule has 0 amide bonds. The quantitative estimate of drug-likeness (QED) is 0.742. The zero-order valence-corrected chi connectivity index (χ0v) is 12.5. The predicted octanol–water partition coefficient (Wildman–Crippen LogP) is 4.64. The summed E-state index contributed by atoms with van der Waals surface area (Å²) >= 11 is 0. The molecule has 17 heavy (non-hydrogen) atoms. The first-order valence-corrected chi connectivity index (χ1v) is 7.57. The topological polar surface area (TPSA) is 20.2 Å². The van der Waals surface area contributed by atoms with Crippen LogP contribution in [0.25, 0.3) is 0 Å². The van der Waals surface area contributed by atoms with Gasteiger partial charge in [0, 0.05) is 0 Å². The zero-order chi connectivity index (χ0) is 13.1. The molecule has 0 unspecified atom stereocenters. The summed E-state index contributed by atoms with van der Waals surface area (Å²) in [6.07, 6.45) is 6.96. The molecule has 0 heterocycles. The highest BCUT2D eigenvalue weighted by Crippen LogP contribution is 2.49. The maximum Gasteiger partial charge on any atom is 0.0540 e. The van der Waals surface area contributed by atoms with Crippen molar-refractivity contribution in [3.8, 4) is 0 Å². The second-order valence-corrected chi connectivity index (χ2v) is 6.90. The number of rotatable bonds is 5. The Morgan fingerprint density at radius 3 is 2.41 bits per heavy atom. The summed E-state index contributed by atoms with van der Waals surface area (Å²) in [6, 6.07) is 0. The minimum absolute atomic E-state index is 0.0692. The summed E-state index contributed by atoms with van der Waals surface area (Å²) in [4.78, 5) is 0. The molecule has 0 bridgehead atoms. The fourth-order valence-electron chi connectivity index (χ4n) is 3.69. The van der Waals surface area contributed by atoms with Gasteiger partial charge in [-0.25, -0.2) is 0 Å². The number of aliphatic hydroxyl groups is 1. The summed E-state index contributed by atoms with van der Waals surface area (Å²) in [5.74, 6) is 2.44. The number of hydrogen-bond donors (Lipinski definition) is 1. The Labute approximate surface area is 108 Å². The lowest BCUT2D eigenvalue weighted by atomic mass is 9.58. The Hall–Kier alpha value is -0.0400. The maximum atomic E-state index is 9.90. The summed E-state index contributed by atoms with van der Waals surface area (Å²) in [5.41, 5.74) is 0.448. The highest BCUT2D eigenvalue weighted by atomic mass is 16.3. The third-order valence-electron chi connectivity index (χ3n) is 5.40. The Kier molecular flexibility index (Phi) is 5.50. The Balaban J connectivity index is 2.53. The molecule has 1 saturated carbocycles. The Bertz CT molecular complexity index is 222. The smallest absolute Gasteiger partial charge is 0.0540 e. The average molecular weight is 240 g/mol. The molecular formula is C16H32O. The van der Waals surface area contributed by atoms with Crippen LogP contribution in [0.1, 0.15) is 73.1 Å². The van der Waals surface area contributed by atoms with Gasteiger partial charge in [0.15, 0.2) is 0 Å². The van der Waals surface area contributed by atoms with Crippen LogP contribution in [0.4, 0.5) is 0 Å². The van der Waals surface area contributed by atoms with E-state index < -0.39 is 0 Å². The SMILES string of the molecule is CCC[C@H](O)CC[C@@H]1[C@H](C)CC[C@@H](C)C1(C)C. The van der Waals surface area contributed by atoms with Gasteiger partial charge < -0.3 is 5.11 Å². The molecular weight excluding hydrogens is 208 g/mol. The van der Waals surface area contributed by atoms with Crippen LogP contribution in [0.3, 0.4) is 0 Å². The van der Waals surface area contributed by atoms with Crippen LogP contribution in [0.2, 0.25) is 0 Å².